The van der Waals surface area contributed by atoms with E-state index in [-0.39, 0.29) is 5.05 Å². The van der Waals surface area contributed by atoms with Crippen LogP contribution in [-0.2, 0) is 9.53 Å². The lowest BCUT2D eigenvalue weighted by molar-refractivity contribution is -0.138. The first kappa shape index (κ1) is 14.3. The van der Waals surface area contributed by atoms with E-state index in [1.807, 2.05) is 0 Å². The number of aliphatic carboxylic acids is 1. The number of unbranched alkanes of at least 4 members (excludes halogenated alkanes) is 3. The fourth-order valence-electron chi connectivity index (χ4n) is 1.05. The normalized spacial score (nSPS) is 12.1. The molecule has 0 aromatic rings. The summed E-state index contributed by atoms with van der Waals surface area (Å²) in [4.78, 5) is 10.3. The summed E-state index contributed by atoms with van der Waals surface area (Å²) in [6, 6.07) is 0. The predicted molar refractivity (Wildman–Crippen MR) is 61.0 cm³/mol. The molecule has 0 saturated heterocycles. The van der Waals surface area contributed by atoms with E-state index in [2.05, 4.69) is 6.92 Å². The molecule has 1 atom stereocenters. The molecule has 0 aromatic carbocycles. The zero-order valence-electron chi connectivity index (χ0n) is 8.94. The average Bonchev–Trinajstić information content (AvgIpc) is 2.16. The van der Waals surface area contributed by atoms with Crippen LogP contribution in [0.3, 0.4) is 0 Å². The Labute approximate surface area is 95.2 Å². The molecule has 4 nitrogen and oxygen atoms in total. The van der Waals surface area contributed by atoms with Crippen molar-refractivity contribution in [3.8, 4) is 0 Å². The Morgan fingerprint density at radius 1 is 1.40 bits per heavy atom. The van der Waals surface area contributed by atoms with Crippen LogP contribution in [0.15, 0.2) is 0 Å². The van der Waals surface area contributed by atoms with E-state index >= 15 is 0 Å². The van der Waals surface area contributed by atoms with Crippen molar-refractivity contribution in [2.24, 2.45) is 0 Å². The average molecular weight is 234 g/mol. The highest BCUT2D eigenvalue weighted by molar-refractivity contribution is 7.80. The Kier molecular flexibility index (Phi) is 8.22. The molecule has 5 heteroatoms. The summed E-state index contributed by atoms with van der Waals surface area (Å²) < 4.78 is 5.07. The molecule has 0 aromatic heterocycles. The minimum absolute atomic E-state index is 0.0195. The second kappa shape index (κ2) is 8.61. The highest BCUT2D eigenvalue weighted by atomic mass is 32.1. The van der Waals surface area contributed by atoms with E-state index in [0.29, 0.717) is 6.61 Å². The highest BCUT2D eigenvalue weighted by Gasteiger charge is 2.15. The van der Waals surface area contributed by atoms with Gasteiger partial charge in [-0.15, -0.1) is 0 Å². The Bertz CT molecular complexity index is 206. The number of hydrogen-bond donors (Lipinski definition) is 2. The van der Waals surface area contributed by atoms with Crippen LogP contribution in [0.1, 0.15) is 39.0 Å². The number of rotatable bonds is 8. The van der Waals surface area contributed by atoms with Gasteiger partial charge in [-0.3, -0.25) is 4.79 Å². The molecule has 0 bridgehead atoms. The van der Waals surface area contributed by atoms with Crippen LogP contribution in [0.2, 0.25) is 0 Å². The number of ether oxygens (including phenoxy) is 1. The zero-order valence-corrected chi connectivity index (χ0v) is 9.76. The summed E-state index contributed by atoms with van der Waals surface area (Å²) in [6.45, 7) is 2.57. The van der Waals surface area contributed by atoms with Gasteiger partial charge in [-0.1, -0.05) is 26.2 Å². The molecule has 0 radical (unpaired) electrons. The van der Waals surface area contributed by atoms with Crippen LogP contribution in [0, 0.1) is 0 Å². The monoisotopic (exact) mass is 234 g/mol. The van der Waals surface area contributed by atoms with E-state index in [1.54, 1.807) is 0 Å². The maximum atomic E-state index is 10.3. The van der Waals surface area contributed by atoms with Crippen molar-refractivity contribution in [2.45, 2.75) is 45.1 Å². The summed E-state index contributed by atoms with van der Waals surface area (Å²) >= 11 is 4.74. The predicted octanol–water partition coefficient (Wildman–Crippen LogP) is 1.75. The lowest BCUT2D eigenvalue weighted by Gasteiger charge is -2.11. The summed E-state index contributed by atoms with van der Waals surface area (Å²) in [7, 11) is 0. The van der Waals surface area contributed by atoms with Gasteiger partial charge < -0.3 is 14.9 Å². The Morgan fingerprint density at radius 2 is 2.07 bits per heavy atom. The van der Waals surface area contributed by atoms with Crippen LogP contribution in [0.4, 0.5) is 0 Å². The highest BCUT2D eigenvalue weighted by Crippen LogP contribution is 2.02. The maximum absolute atomic E-state index is 10.3. The van der Waals surface area contributed by atoms with Gasteiger partial charge in [0.2, 0.25) is 0 Å². The first-order chi connectivity index (χ1) is 7.07. The molecule has 2 N–H and O–H groups in total. The smallest absolute Gasteiger partial charge is 0.306 e. The van der Waals surface area contributed by atoms with Crippen LogP contribution >= 0.6 is 12.2 Å². The molecule has 0 saturated carbocycles. The summed E-state index contributed by atoms with van der Waals surface area (Å²) in [6.07, 6.45) is 2.67. The van der Waals surface area contributed by atoms with Gasteiger partial charge in [0.15, 0.2) is 5.05 Å². The number of thiocarbonyl (C=S) groups is 1. The first-order valence-electron chi connectivity index (χ1n) is 5.14. The van der Waals surface area contributed by atoms with Crippen molar-refractivity contribution >= 4 is 23.2 Å². The van der Waals surface area contributed by atoms with E-state index in [4.69, 9.17) is 22.1 Å². The van der Waals surface area contributed by atoms with E-state index in [0.717, 1.165) is 25.7 Å². The van der Waals surface area contributed by atoms with Crippen molar-refractivity contribution in [1.29, 1.82) is 0 Å². The van der Waals surface area contributed by atoms with Crippen molar-refractivity contribution in [1.82, 2.24) is 0 Å². The van der Waals surface area contributed by atoms with E-state index < -0.39 is 18.5 Å². The van der Waals surface area contributed by atoms with E-state index in [1.165, 1.54) is 0 Å². The van der Waals surface area contributed by atoms with Gasteiger partial charge in [-0.05, 0) is 18.6 Å². The standard InChI is InChI=1S/C10H18O4S/c1-2-3-4-5-6-14-10(15)8(11)7-9(12)13/h8,11H,2-7H2,1H3,(H,12,13). The fraction of sp³-hybridized carbons (Fsp3) is 0.800. The van der Waals surface area contributed by atoms with Crippen LogP contribution < -0.4 is 0 Å². The zero-order chi connectivity index (χ0) is 11.7. The number of carboxylic acid groups (broad SMARTS) is 1. The van der Waals surface area contributed by atoms with Gasteiger partial charge in [0.1, 0.15) is 6.10 Å². The number of hydrogen-bond acceptors (Lipinski definition) is 4. The minimum atomic E-state index is -1.18. The molecule has 0 spiro atoms. The van der Waals surface area contributed by atoms with Crippen LogP contribution in [0.25, 0.3) is 0 Å². The van der Waals surface area contributed by atoms with Crippen molar-refractivity contribution < 1.29 is 19.7 Å². The van der Waals surface area contributed by atoms with Crippen molar-refractivity contribution in [3.05, 3.63) is 0 Å². The number of aliphatic hydroxyl groups excluding tert-OH is 1. The van der Waals surface area contributed by atoms with Gasteiger partial charge >= 0.3 is 5.97 Å². The van der Waals surface area contributed by atoms with E-state index in [9.17, 15) is 9.90 Å². The van der Waals surface area contributed by atoms with Gasteiger partial charge in [-0.2, -0.15) is 0 Å². The molecule has 88 valence electrons. The quantitative estimate of drug-likeness (QED) is 0.494. The molecular formula is C10H18O4S. The molecule has 1 unspecified atom stereocenters. The summed E-state index contributed by atoms with van der Waals surface area (Å²) in [5, 5.41) is 17.6. The third kappa shape index (κ3) is 8.32. The second-order valence-corrected chi connectivity index (χ2v) is 3.74. The molecule has 0 aliphatic carbocycles. The van der Waals surface area contributed by atoms with Gasteiger partial charge in [-0.25, -0.2) is 0 Å². The molecule has 0 fully saturated rings. The topological polar surface area (TPSA) is 66.8 Å². The fourth-order valence-corrected chi connectivity index (χ4v) is 1.21. The molecule has 0 rings (SSSR count). The molecule has 0 amide bonds. The number of carboxylic acids is 1. The largest absolute Gasteiger partial charge is 0.484 e. The SMILES string of the molecule is CCCCCCOC(=S)C(O)CC(=O)O. The Hall–Kier alpha value is -0.680. The van der Waals surface area contributed by atoms with Crippen molar-refractivity contribution in [2.75, 3.05) is 6.61 Å². The first-order valence-corrected chi connectivity index (χ1v) is 5.55. The summed E-state index contributed by atoms with van der Waals surface area (Å²) in [5.41, 5.74) is 0. The van der Waals surface area contributed by atoms with Crippen molar-refractivity contribution in [3.63, 3.8) is 0 Å². The van der Waals surface area contributed by atoms with Gasteiger partial charge in [0.05, 0.1) is 13.0 Å². The minimum Gasteiger partial charge on any atom is -0.484 e. The van der Waals surface area contributed by atoms with Gasteiger partial charge in [0, 0.05) is 0 Å². The Balaban J connectivity index is 3.51. The third-order valence-electron chi connectivity index (χ3n) is 1.88. The number of aliphatic hydroxyl groups is 1. The molecule has 15 heavy (non-hydrogen) atoms. The third-order valence-corrected chi connectivity index (χ3v) is 2.27. The van der Waals surface area contributed by atoms with Gasteiger partial charge in [0.25, 0.3) is 0 Å². The van der Waals surface area contributed by atoms with Crippen LogP contribution in [-0.4, -0.2) is 33.9 Å². The molecule has 0 aliphatic heterocycles. The lowest BCUT2D eigenvalue weighted by Crippen LogP contribution is -2.24. The number of carbonyl (C=O) groups is 1. The Morgan fingerprint density at radius 3 is 2.60 bits per heavy atom. The van der Waals surface area contributed by atoms with Crippen LogP contribution in [0.5, 0.6) is 0 Å². The molecular weight excluding hydrogens is 216 g/mol. The molecule has 0 aliphatic rings. The lowest BCUT2D eigenvalue weighted by atomic mass is 10.2. The summed E-state index contributed by atoms with van der Waals surface area (Å²) in [5.74, 6) is -1.08. The second-order valence-electron chi connectivity index (χ2n) is 3.34. The maximum Gasteiger partial charge on any atom is 0.306 e. The molecule has 0 heterocycles.